The minimum Gasteiger partial charge on any atom is -0.326 e. The first-order valence-corrected chi connectivity index (χ1v) is 9.84. The first-order chi connectivity index (χ1) is 12.3. The van der Waals surface area contributed by atoms with Gasteiger partial charge in [0.2, 0.25) is 15.9 Å². The van der Waals surface area contributed by atoms with Crippen LogP contribution in [0.4, 0.5) is 5.69 Å². The maximum Gasteiger partial charge on any atom is 0.240 e. The topological polar surface area (TPSA) is 92.3 Å². The van der Waals surface area contributed by atoms with E-state index in [1.807, 2.05) is 0 Å². The van der Waals surface area contributed by atoms with Gasteiger partial charge in [-0.1, -0.05) is 24.3 Å². The number of carbonyl (C=O) groups excluding carboxylic acids is 2. The van der Waals surface area contributed by atoms with E-state index in [0.717, 1.165) is 18.4 Å². The summed E-state index contributed by atoms with van der Waals surface area (Å²) < 4.78 is 27.2. The smallest absolute Gasteiger partial charge is 0.240 e. The van der Waals surface area contributed by atoms with Crippen LogP contribution in [0.15, 0.2) is 53.4 Å². The molecule has 1 aliphatic carbocycles. The number of anilines is 1. The van der Waals surface area contributed by atoms with Crippen LogP contribution in [-0.2, 0) is 21.4 Å². The van der Waals surface area contributed by atoms with Crippen molar-refractivity contribution in [1.29, 1.82) is 0 Å². The van der Waals surface area contributed by atoms with Crippen molar-refractivity contribution in [1.82, 2.24) is 4.72 Å². The molecule has 0 spiro atoms. The summed E-state index contributed by atoms with van der Waals surface area (Å²) in [5, 5.41) is 2.84. The zero-order valence-electron chi connectivity index (χ0n) is 14.4. The molecular formula is C19H20N2O4S. The third kappa shape index (κ3) is 4.56. The molecule has 0 heterocycles. The van der Waals surface area contributed by atoms with Crippen molar-refractivity contribution in [2.45, 2.75) is 31.2 Å². The van der Waals surface area contributed by atoms with Gasteiger partial charge in [0.15, 0.2) is 5.78 Å². The number of benzene rings is 2. The van der Waals surface area contributed by atoms with Crippen molar-refractivity contribution < 1.29 is 18.0 Å². The van der Waals surface area contributed by atoms with E-state index in [0.29, 0.717) is 11.3 Å². The molecule has 136 valence electrons. The second kappa shape index (κ2) is 7.39. The molecule has 6 nitrogen and oxygen atoms in total. The van der Waals surface area contributed by atoms with Crippen molar-refractivity contribution in [3.8, 4) is 0 Å². The van der Waals surface area contributed by atoms with Gasteiger partial charge in [-0.3, -0.25) is 9.59 Å². The summed E-state index contributed by atoms with van der Waals surface area (Å²) in [5.74, 6) is 0.0547. The zero-order chi connectivity index (χ0) is 18.7. The van der Waals surface area contributed by atoms with E-state index >= 15 is 0 Å². The Morgan fingerprint density at radius 3 is 2.15 bits per heavy atom. The number of hydrogen-bond donors (Lipinski definition) is 2. The Morgan fingerprint density at radius 2 is 1.62 bits per heavy atom. The lowest BCUT2D eigenvalue weighted by Crippen LogP contribution is -2.23. The van der Waals surface area contributed by atoms with Crippen LogP contribution in [0, 0.1) is 5.92 Å². The van der Waals surface area contributed by atoms with Crippen LogP contribution in [0.3, 0.4) is 0 Å². The minimum atomic E-state index is -3.66. The second-order valence-corrected chi connectivity index (χ2v) is 8.13. The summed E-state index contributed by atoms with van der Waals surface area (Å²) in [4.78, 5) is 23.1. The number of Topliss-reactive ketones (excluding diaryl/α,β-unsaturated/α-hetero) is 1. The molecule has 1 aliphatic rings. The average Bonchev–Trinajstić information content (AvgIpc) is 3.46. The molecular weight excluding hydrogens is 352 g/mol. The summed E-state index contributed by atoms with van der Waals surface area (Å²) in [6.07, 6.45) is 1.89. The molecule has 1 amide bonds. The first kappa shape index (κ1) is 18.3. The number of amides is 1. The number of nitrogens with one attached hydrogen (secondary N) is 2. The van der Waals surface area contributed by atoms with E-state index in [-0.39, 0.29) is 29.0 Å². The van der Waals surface area contributed by atoms with Crippen molar-refractivity contribution >= 4 is 27.4 Å². The van der Waals surface area contributed by atoms with Crippen LogP contribution < -0.4 is 10.0 Å². The van der Waals surface area contributed by atoms with Gasteiger partial charge in [0, 0.05) is 23.7 Å². The summed E-state index contributed by atoms with van der Waals surface area (Å²) in [7, 11) is -3.66. The molecule has 0 bridgehead atoms. The maximum atomic E-state index is 12.3. The van der Waals surface area contributed by atoms with Gasteiger partial charge in [-0.2, -0.15) is 0 Å². The summed E-state index contributed by atoms with van der Waals surface area (Å²) in [6.45, 7) is 1.56. The maximum absolute atomic E-state index is 12.3. The molecule has 7 heteroatoms. The standard InChI is InChI=1S/C19H20N2O4S/c1-13(22)15-6-10-18(11-7-15)26(24,25)20-12-14-2-8-17(9-3-14)21-19(23)16-4-5-16/h2-3,6-11,16,20H,4-5,12H2,1H3,(H,21,23). The first-order valence-electron chi connectivity index (χ1n) is 8.35. The van der Waals surface area contributed by atoms with Crippen LogP contribution >= 0.6 is 0 Å². The predicted molar refractivity (Wildman–Crippen MR) is 98.3 cm³/mol. The molecule has 0 saturated heterocycles. The van der Waals surface area contributed by atoms with Gasteiger partial charge in [0.25, 0.3) is 0 Å². The fraction of sp³-hybridized carbons (Fsp3) is 0.263. The molecule has 0 atom stereocenters. The Hall–Kier alpha value is -2.51. The number of sulfonamides is 1. The van der Waals surface area contributed by atoms with Crippen LogP contribution in [0.1, 0.15) is 35.7 Å². The molecule has 1 fully saturated rings. The molecule has 0 unspecified atom stereocenters. The number of rotatable bonds is 7. The van der Waals surface area contributed by atoms with E-state index in [2.05, 4.69) is 10.0 Å². The lowest BCUT2D eigenvalue weighted by molar-refractivity contribution is -0.117. The zero-order valence-corrected chi connectivity index (χ0v) is 15.2. The second-order valence-electron chi connectivity index (χ2n) is 6.37. The van der Waals surface area contributed by atoms with Crippen LogP contribution in [0.25, 0.3) is 0 Å². The highest BCUT2D eigenvalue weighted by Gasteiger charge is 2.29. The molecule has 0 radical (unpaired) electrons. The van der Waals surface area contributed by atoms with Crippen molar-refractivity contribution in [3.05, 3.63) is 59.7 Å². The Balaban J connectivity index is 1.60. The highest BCUT2D eigenvalue weighted by molar-refractivity contribution is 7.89. The summed E-state index contributed by atoms with van der Waals surface area (Å²) in [6, 6.07) is 12.9. The third-order valence-corrected chi connectivity index (χ3v) is 5.62. The summed E-state index contributed by atoms with van der Waals surface area (Å²) >= 11 is 0. The molecule has 0 aromatic heterocycles. The monoisotopic (exact) mass is 372 g/mol. The third-order valence-electron chi connectivity index (χ3n) is 4.21. The van der Waals surface area contributed by atoms with Gasteiger partial charge in [0.05, 0.1) is 4.90 Å². The fourth-order valence-corrected chi connectivity index (χ4v) is 3.44. The van der Waals surface area contributed by atoms with Crippen LogP contribution in [-0.4, -0.2) is 20.1 Å². The van der Waals surface area contributed by atoms with Crippen LogP contribution in [0.2, 0.25) is 0 Å². The van der Waals surface area contributed by atoms with E-state index in [4.69, 9.17) is 0 Å². The minimum absolute atomic E-state index is 0.0347. The van der Waals surface area contributed by atoms with Crippen LogP contribution in [0.5, 0.6) is 0 Å². The molecule has 2 aromatic rings. The number of ketones is 1. The highest BCUT2D eigenvalue weighted by Crippen LogP contribution is 2.30. The Kier molecular flexibility index (Phi) is 5.20. The largest absolute Gasteiger partial charge is 0.326 e. The molecule has 2 aromatic carbocycles. The molecule has 3 rings (SSSR count). The quantitative estimate of drug-likeness (QED) is 0.731. The van der Waals surface area contributed by atoms with Gasteiger partial charge in [-0.25, -0.2) is 13.1 Å². The van der Waals surface area contributed by atoms with E-state index in [1.54, 1.807) is 24.3 Å². The van der Waals surface area contributed by atoms with Gasteiger partial charge < -0.3 is 5.32 Å². The lowest BCUT2D eigenvalue weighted by atomic mass is 10.2. The van der Waals surface area contributed by atoms with Crippen molar-refractivity contribution in [3.63, 3.8) is 0 Å². The predicted octanol–water partition coefficient (Wildman–Crippen LogP) is 2.72. The number of carbonyl (C=O) groups is 2. The number of hydrogen-bond acceptors (Lipinski definition) is 4. The van der Waals surface area contributed by atoms with Gasteiger partial charge >= 0.3 is 0 Å². The highest BCUT2D eigenvalue weighted by atomic mass is 32.2. The molecule has 1 saturated carbocycles. The molecule has 2 N–H and O–H groups in total. The van der Waals surface area contributed by atoms with E-state index in [1.165, 1.54) is 31.2 Å². The molecule has 0 aliphatic heterocycles. The van der Waals surface area contributed by atoms with Gasteiger partial charge in [-0.15, -0.1) is 0 Å². The normalized spacial score (nSPS) is 14.0. The molecule has 26 heavy (non-hydrogen) atoms. The van der Waals surface area contributed by atoms with Crippen molar-refractivity contribution in [2.24, 2.45) is 5.92 Å². The van der Waals surface area contributed by atoms with E-state index in [9.17, 15) is 18.0 Å². The SMILES string of the molecule is CC(=O)c1ccc(S(=O)(=O)NCc2ccc(NC(=O)C3CC3)cc2)cc1. The summed E-state index contributed by atoms with van der Waals surface area (Å²) in [5.41, 5.74) is 1.94. The lowest BCUT2D eigenvalue weighted by Gasteiger charge is -2.09. The van der Waals surface area contributed by atoms with Gasteiger partial charge in [0.1, 0.15) is 0 Å². The van der Waals surface area contributed by atoms with Crippen molar-refractivity contribution in [2.75, 3.05) is 5.32 Å². The Labute approximate surface area is 152 Å². The Bertz CT molecular complexity index is 915. The fourth-order valence-electron chi connectivity index (χ4n) is 2.43. The van der Waals surface area contributed by atoms with E-state index < -0.39 is 10.0 Å². The van der Waals surface area contributed by atoms with Gasteiger partial charge in [-0.05, 0) is 49.6 Å². The average molecular weight is 372 g/mol. The Morgan fingerprint density at radius 1 is 1.00 bits per heavy atom.